The lowest BCUT2D eigenvalue weighted by Gasteiger charge is -2.19. The summed E-state index contributed by atoms with van der Waals surface area (Å²) in [6, 6.07) is 12.6. The van der Waals surface area contributed by atoms with E-state index in [1.807, 2.05) is 0 Å². The molecule has 2 aromatic rings. The summed E-state index contributed by atoms with van der Waals surface area (Å²) in [5.74, 6) is 0. The van der Waals surface area contributed by atoms with Crippen LogP contribution in [0.3, 0.4) is 0 Å². The second-order valence-electron chi connectivity index (χ2n) is 5.58. The van der Waals surface area contributed by atoms with Crippen molar-refractivity contribution in [3.63, 3.8) is 0 Å². The van der Waals surface area contributed by atoms with Crippen LogP contribution < -0.4 is 0 Å². The molecule has 0 N–H and O–H groups in total. The molecule has 2 rings (SSSR count). The van der Waals surface area contributed by atoms with Crippen LogP contribution in [0.15, 0.2) is 58.7 Å². The number of hydrogen-bond donors (Lipinski definition) is 0. The predicted molar refractivity (Wildman–Crippen MR) is 102 cm³/mol. The highest BCUT2D eigenvalue weighted by Crippen LogP contribution is 2.16. The number of nitro groups is 2. The second kappa shape index (κ2) is 9.04. The molecular formula is C17H18N6O4. The number of nitro benzene ring substituents is 2. The number of hydrazone groups is 2. The van der Waals surface area contributed by atoms with E-state index < -0.39 is 9.85 Å². The highest BCUT2D eigenvalue weighted by atomic mass is 16.6. The van der Waals surface area contributed by atoms with E-state index in [2.05, 4.69) is 10.2 Å². The molecule has 140 valence electrons. The topological polar surface area (TPSA) is 117 Å². The Labute approximate surface area is 155 Å². The molecule has 10 nitrogen and oxygen atoms in total. The third-order valence-corrected chi connectivity index (χ3v) is 3.46. The molecule has 0 bridgehead atoms. The van der Waals surface area contributed by atoms with Gasteiger partial charge in [0.15, 0.2) is 0 Å². The first kappa shape index (κ1) is 19.5. The molecular weight excluding hydrogens is 352 g/mol. The van der Waals surface area contributed by atoms with Gasteiger partial charge in [-0.05, 0) is 12.1 Å². The highest BCUT2D eigenvalue weighted by Gasteiger charge is 2.11. The van der Waals surface area contributed by atoms with Crippen LogP contribution in [0.4, 0.5) is 11.4 Å². The molecule has 0 radical (unpaired) electrons. The summed E-state index contributed by atoms with van der Waals surface area (Å²) in [6.45, 7) is 0.272. The Bertz CT molecular complexity index is 812. The summed E-state index contributed by atoms with van der Waals surface area (Å²) in [5, 5.41) is 33.4. The van der Waals surface area contributed by atoms with Crippen LogP contribution in [0.1, 0.15) is 11.1 Å². The van der Waals surface area contributed by atoms with E-state index in [0.29, 0.717) is 11.1 Å². The minimum absolute atomic E-state index is 0.0302. The predicted octanol–water partition coefficient (Wildman–Crippen LogP) is 2.69. The first-order valence-electron chi connectivity index (χ1n) is 7.85. The van der Waals surface area contributed by atoms with Crippen LogP contribution in [0.2, 0.25) is 0 Å². The van der Waals surface area contributed by atoms with Crippen LogP contribution in [0, 0.1) is 20.2 Å². The second-order valence-corrected chi connectivity index (χ2v) is 5.58. The van der Waals surface area contributed by atoms with Crippen LogP contribution in [0.25, 0.3) is 0 Å². The molecule has 0 saturated carbocycles. The molecule has 10 heteroatoms. The van der Waals surface area contributed by atoms with Crippen molar-refractivity contribution in [2.45, 2.75) is 0 Å². The SMILES string of the molecule is CN(CN(C)/N=C/c1ccccc1[N+](=O)[O-])/N=C/c1ccccc1[N+](=O)[O-]. The van der Waals surface area contributed by atoms with Gasteiger partial charge in [0.25, 0.3) is 11.4 Å². The summed E-state index contributed by atoms with van der Waals surface area (Å²) in [5.41, 5.74) is 0.718. The van der Waals surface area contributed by atoms with E-state index in [9.17, 15) is 20.2 Å². The van der Waals surface area contributed by atoms with Crippen molar-refractivity contribution < 1.29 is 9.85 Å². The van der Waals surface area contributed by atoms with E-state index >= 15 is 0 Å². The largest absolute Gasteiger partial charge is 0.279 e. The van der Waals surface area contributed by atoms with Gasteiger partial charge in [-0.2, -0.15) is 10.2 Å². The van der Waals surface area contributed by atoms with Crippen molar-refractivity contribution in [3.05, 3.63) is 79.9 Å². The smallest absolute Gasteiger partial charge is 0.278 e. The van der Waals surface area contributed by atoms with E-state index in [4.69, 9.17) is 0 Å². The zero-order chi connectivity index (χ0) is 19.8. The monoisotopic (exact) mass is 370 g/mol. The molecule has 0 atom stereocenters. The normalized spacial score (nSPS) is 11.0. The van der Waals surface area contributed by atoms with Gasteiger partial charge in [0, 0.05) is 26.2 Å². The fraction of sp³-hybridized carbons (Fsp3) is 0.176. The summed E-state index contributed by atoms with van der Waals surface area (Å²) in [7, 11) is 3.37. The van der Waals surface area contributed by atoms with Gasteiger partial charge in [0.2, 0.25) is 0 Å². The minimum atomic E-state index is -0.468. The lowest BCUT2D eigenvalue weighted by molar-refractivity contribution is -0.385. The quantitative estimate of drug-likeness (QED) is 0.305. The van der Waals surface area contributed by atoms with Gasteiger partial charge in [-0.1, -0.05) is 24.3 Å². The molecule has 0 aliphatic carbocycles. The number of benzene rings is 2. The van der Waals surface area contributed by atoms with Crippen molar-refractivity contribution in [3.8, 4) is 0 Å². The maximum Gasteiger partial charge on any atom is 0.278 e. The number of para-hydroxylation sites is 2. The van der Waals surface area contributed by atoms with Crippen LogP contribution in [0.5, 0.6) is 0 Å². The highest BCUT2D eigenvalue weighted by molar-refractivity contribution is 5.85. The first-order chi connectivity index (χ1) is 12.9. The Morgan fingerprint density at radius 2 is 1.19 bits per heavy atom. The number of hydrogen-bond acceptors (Lipinski definition) is 8. The van der Waals surface area contributed by atoms with Crippen LogP contribution >= 0.6 is 0 Å². The van der Waals surface area contributed by atoms with Crippen molar-refractivity contribution in [1.82, 2.24) is 10.0 Å². The molecule has 0 unspecified atom stereocenters. The zero-order valence-electron chi connectivity index (χ0n) is 14.8. The average molecular weight is 370 g/mol. The molecule has 0 spiro atoms. The van der Waals surface area contributed by atoms with Gasteiger partial charge < -0.3 is 0 Å². The zero-order valence-corrected chi connectivity index (χ0v) is 14.8. The standard InChI is InChI=1S/C17H18N6O4/c1-20(18-11-14-7-3-5-9-16(14)22(24)25)13-21(2)19-12-15-8-4-6-10-17(15)23(26)27/h3-12H,13H2,1-2H3/b18-11+,19-12+. The third-order valence-electron chi connectivity index (χ3n) is 3.46. The van der Waals surface area contributed by atoms with Crippen LogP contribution in [-0.2, 0) is 0 Å². The summed E-state index contributed by atoms with van der Waals surface area (Å²) < 4.78 is 0. The van der Waals surface area contributed by atoms with Crippen molar-refractivity contribution in [1.29, 1.82) is 0 Å². The third kappa shape index (κ3) is 5.59. The molecule has 0 heterocycles. The number of nitrogens with zero attached hydrogens (tertiary/aromatic N) is 6. The van der Waals surface area contributed by atoms with E-state index in [1.165, 1.54) is 34.6 Å². The maximum atomic E-state index is 11.0. The van der Waals surface area contributed by atoms with Gasteiger partial charge in [-0.15, -0.1) is 0 Å². The lowest BCUT2D eigenvalue weighted by atomic mass is 10.2. The molecule has 2 aromatic carbocycles. The Balaban J connectivity index is 2.01. The summed E-state index contributed by atoms with van der Waals surface area (Å²) >= 11 is 0. The number of rotatable bonds is 8. The Morgan fingerprint density at radius 3 is 1.56 bits per heavy atom. The van der Waals surface area contributed by atoms with Gasteiger partial charge in [0.05, 0.1) is 33.4 Å². The van der Waals surface area contributed by atoms with Crippen molar-refractivity contribution in [2.24, 2.45) is 10.2 Å². The molecule has 27 heavy (non-hydrogen) atoms. The molecule has 0 fully saturated rings. The Hall–Kier alpha value is -3.82. The molecule has 0 aliphatic rings. The molecule has 0 saturated heterocycles. The fourth-order valence-electron chi connectivity index (χ4n) is 2.22. The lowest BCUT2D eigenvalue weighted by Crippen LogP contribution is -2.26. The maximum absolute atomic E-state index is 11.0. The molecule has 0 amide bonds. The minimum Gasteiger partial charge on any atom is -0.279 e. The van der Waals surface area contributed by atoms with Crippen molar-refractivity contribution >= 4 is 23.8 Å². The van der Waals surface area contributed by atoms with E-state index in [-0.39, 0.29) is 18.0 Å². The van der Waals surface area contributed by atoms with Crippen LogP contribution in [-0.4, -0.2) is 53.1 Å². The van der Waals surface area contributed by atoms with Gasteiger partial charge in [0.1, 0.15) is 6.67 Å². The Morgan fingerprint density at radius 1 is 0.815 bits per heavy atom. The summed E-state index contributed by atoms with van der Waals surface area (Å²) in [6.07, 6.45) is 2.80. The van der Waals surface area contributed by atoms with Gasteiger partial charge in [-0.3, -0.25) is 30.2 Å². The van der Waals surface area contributed by atoms with Gasteiger partial charge >= 0.3 is 0 Å². The fourth-order valence-corrected chi connectivity index (χ4v) is 2.22. The first-order valence-corrected chi connectivity index (χ1v) is 7.85. The molecule has 0 aromatic heterocycles. The summed E-state index contributed by atoms with van der Waals surface area (Å²) in [4.78, 5) is 21.1. The van der Waals surface area contributed by atoms with E-state index in [0.717, 1.165) is 0 Å². The van der Waals surface area contributed by atoms with E-state index in [1.54, 1.807) is 50.5 Å². The van der Waals surface area contributed by atoms with Crippen molar-refractivity contribution in [2.75, 3.05) is 20.8 Å². The van der Waals surface area contributed by atoms with Gasteiger partial charge in [-0.25, -0.2) is 0 Å². The Kier molecular flexibility index (Phi) is 6.53. The molecule has 0 aliphatic heterocycles. The average Bonchev–Trinajstić information content (AvgIpc) is 2.65.